The van der Waals surface area contributed by atoms with Crippen LogP contribution in [-0.4, -0.2) is 51.9 Å². The van der Waals surface area contributed by atoms with Gasteiger partial charge in [-0.15, -0.1) is 0 Å². The summed E-state index contributed by atoms with van der Waals surface area (Å²) in [6.07, 6.45) is -1.28. The van der Waals surface area contributed by atoms with E-state index in [1.165, 1.54) is 18.4 Å². The Morgan fingerprint density at radius 3 is 2.44 bits per heavy atom. The highest BCUT2D eigenvalue weighted by Crippen LogP contribution is 2.41. The molecule has 0 amide bonds. The molecule has 1 aliphatic heterocycles. The normalized spacial score (nSPS) is 24.9. The van der Waals surface area contributed by atoms with Gasteiger partial charge in [0.2, 0.25) is 0 Å². The zero-order valence-corrected chi connectivity index (χ0v) is 20.0. The van der Waals surface area contributed by atoms with Crippen molar-refractivity contribution in [3.8, 4) is 0 Å². The lowest BCUT2D eigenvalue weighted by Gasteiger charge is -2.45. The van der Waals surface area contributed by atoms with Crippen LogP contribution < -0.4 is 4.90 Å². The summed E-state index contributed by atoms with van der Waals surface area (Å²) in [5, 5.41) is 0. The standard InChI is InChI=1S/C25H30F4N2O2S/c1-34(32,33)23-7-3-6-22(15-23)30-12-13-31(24(17-30)19-8-10-21(26)11-9-19)16-18-4-2-5-20(14-18)25(27,28)29/h3,6-11,15,18,20,24H,2,4-5,12-14,16-17H2,1H3/t18-,20-,24+/m0/s1. The summed E-state index contributed by atoms with van der Waals surface area (Å²) in [5.74, 6) is -1.62. The zero-order valence-electron chi connectivity index (χ0n) is 19.1. The molecule has 0 unspecified atom stereocenters. The van der Waals surface area contributed by atoms with Gasteiger partial charge in [0.15, 0.2) is 9.84 Å². The van der Waals surface area contributed by atoms with E-state index in [2.05, 4.69) is 9.80 Å². The maximum atomic E-state index is 13.6. The molecule has 0 N–H and O–H groups in total. The Hall–Kier alpha value is -2.13. The first-order valence-corrected chi connectivity index (χ1v) is 13.5. The molecule has 186 valence electrons. The second-order valence-electron chi connectivity index (χ2n) is 9.55. The molecule has 1 aliphatic carbocycles. The number of sulfone groups is 1. The van der Waals surface area contributed by atoms with Gasteiger partial charge in [0.05, 0.1) is 16.9 Å². The Labute approximate surface area is 198 Å². The summed E-state index contributed by atoms with van der Waals surface area (Å²) in [6.45, 7) is 2.35. The van der Waals surface area contributed by atoms with Crippen molar-refractivity contribution in [2.75, 3.05) is 37.3 Å². The summed E-state index contributed by atoms with van der Waals surface area (Å²) in [4.78, 5) is 4.55. The molecule has 0 aromatic heterocycles. The van der Waals surface area contributed by atoms with Crippen LogP contribution in [0.15, 0.2) is 53.4 Å². The van der Waals surface area contributed by atoms with E-state index >= 15 is 0 Å². The van der Waals surface area contributed by atoms with E-state index in [4.69, 9.17) is 0 Å². The number of rotatable bonds is 5. The molecule has 9 heteroatoms. The molecule has 1 heterocycles. The van der Waals surface area contributed by atoms with Crippen LogP contribution in [0.25, 0.3) is 0 Å². The topological polar surface area (TPSA) is 40.6 Å². The van der Waals surface area contributed by atoms with Crippen LogP contribution in [0.4, 0.5) is 23.2 Å². The first-order chi connectivity index (χ1) is 16.0. The van der Waals surface area contributed by atoms with Crippen LogP contribution in [0.2, 0.25) is 0 Å². The maximum absolute atomic E-state index is 13.6. The Kier molecular flexibility index (Phi) is 7.24. The number of nitrogens with zero attached hydrogens (tertiary/aromatic N) is 2. The summed E-state index contributed by atoms with van der Waals surface area (Å²) >= 11 is 0. The molecule has 0 bridgehead atoms. The lowest BCUT2D eigenvalue weighted by molar-refractivity contribution is -0.186. The zero-order chi connectivity index (χ0) is 24.5. The Morgan fingerprint density at radius 2 is 1.76 bits per heavy atom. The molecular weight excluding hydrogens is 468 g/mol. The van der Waals surface area contributed by atoms with Crippen molar-refractivity contribution in [1.82, 2.24) is 4.90 Å². The lowest BCUT2D eigenvalue weighted by atomic mass is 9.80. The van der Waals surface area contributed by atoms with Crippen LogP contribution in [0.5, 0.6) is 0 Å². The smallest absolute Gasteiger partial charge is 0.368 e. The number of anilines is 1. The molecule has 4 nitrogen and oxygen atoms in total. The van der Waals surface area contributed by atoms with Gasteiger partial charge in [0.1, 0.15) is 5.82 Å². The molecule has 34 heavy (non-hydrogen) atoms. The van der Waals surface area contributed by atoms with Crippen molar-refractivity contribution >= 4 is 15.5 Å². The number of alkyl halides is 3. The van der Waals surface area contributed by atoms with Crippen LogP contribution in [0, 0.1) is 17.7 Å². The van der Waals surface area contributed by atoms with Crippen LogP contribution in [0.3, 0.4) is 0 Å². The fourth-order valence-electron chi connectivity index (χ4n) is 5.27. The Bertz CT molecular complexity index is 1090. The minimum absolute atomic E-state index is 0.0385. The van der Waals surface area contributed by atoms with Gasteiger partial charge in [-0.3, -0.25) is 4.90 Å². The SMILES string of the molecule is CS(=O)(=O)c1cccc(N2CCN(C[C@H]3CCC[C@H](C(F)(F)F)C3)[C@@H](c3ccc(F)cc3)C2)c1. The molecule has 4 rings (SSSR count). The van der Waals surface area contributed by atoms with Crippen molar-refractivity contribution in [1.29, 1.82) is 0 Å². The molecule has 1 saturated carbocycles. The van der Waals surface area contributed by atoms with E-state index in [0.29, 0.717) is 32.6 Å². The number of halogens is 4. The van der Waals surface area contributed by atoms with E-state index in [0.717, 1.165) is 17.7 Å². The quantitative estimate of drug-likeness (QED) is 0.514. The van der Waals surface area contributed by atoms with Gasteiger partial charge >= 0.3 is 6.18 Å². The van der Waals surface area contributed by atoms with E-state index in [-0.39, 0.29) is 35.5 Å². The van der Waals surface area contributed by atoms with Crippen molar-refractivity contribution in [2.45, 2.75) is 42.8 Å². The average molecular weight is 499 g/mol. The molecule has 0 spiro atoms. The molecule has 2 fully saturated rings. The van der Waals surface area contributed by atoms with Gasteiger partial charge in [-0.25, -0.2) is 12.8 Å². The third-order valence-corrected chi connectivity index (χ3v) is 8.21. The largest absolute Gasteiger partial charge is 0.391 e. The second-order valence-corrected chi connectivity index (χ2v) is 11.6. The summed E-state index contributed by atoms with van der Waals surface area (Å²) in [7, 11) is -3.35. The fraction of sp³-hybridized carbons (Fsp3) is 0.520. The van der Waals surface area contributed by atoms with Gasteiger partial charge < -0.3 is 4.90 Å². The van der Waals surface area contributed by atoms with Crippen LogP contribution >= 0.6 is 0 Å². The first kappa shape index (κ1) is 25.0. The van der Waals surface area contributed by atoms with Gasteiger partial charge in [-0.1, -0.05) is 24.6 Å². The maximum Gasteiger partial charge on any atom is 0.391 e. The van der Waals surface area contributed by atoms with E-state index in [9.17, 15) is 26.0 Å². The molecule has 3 atom stereocenters. The number of hydrogen-bond acceptors (Lipinski definition) is 4. The highest BCUT2D eigenvalue weighted by Gasteiger charge is 2.43. The minimum atomic E-state index is -4.15. The first-order valence-electron chi connectivity index (χ1n) is 11.6. The van der Waals surface area contributed by atoms with Crippen molar-refractivity contribution in [3.63, 3.8) is 0 Å². The molecule has 0 radical (unpaired) electrons. The Balaban J connectivity index is 1.56. The monoisotopic (exact) mass is 498 g/mol. The predicted molar refractivity (Wildman–Crippen MR) is 124 cm³/mol. The van der Waals surface area contributed by atoms with E-state index < -0.39 is 21.9 Å². The van der Waals surface area contributed by atoms with Gasteiger partial charge in [-0.05, 0) is 61.1 Å². The summed E-state index contributed by atoms with van der Waals surface area (Å²) in [6, 6.07) is 12.9. The predicted octanol–water partition coefficient (Wildman–Crippen LogP) is 5.46. The van der Waals surface area contributed by atoms with Crippen molar-refractivity contribution < 1.29 is 26.0 Å². The summed E-state index contributed by atoms with van der Waals surface area (Å²) < 4.78 is 77.6. The molecule has 2 aliphatic rings. The second kappa shape index (κ2) is 9.85. The molecule has 2 aromatic rings. The third kappa shape index (κ3) is 5.92. The van der Waals surface area contributed by atoms with Crippen LogP contribution in [-0.2, 0) is 9.84 Å². The Morgan fingerprint density at radius 1 is 1.03 bits per heavy atom. The van der Waals surface area contributed by atoms with E-state index in [1.54, 1.807) is 30.3 Å². The van der Waals surface area contributed by atoms with Gasteiger partial charge in [-0.2, -0.15) is 13.2 Å². The fourth-order valence-corrected chi connectivity index (χ4v) is 5.93. The van der Waals surface area contributed by atoms with E-state index in [1.807, 2.05) is 6.07 Å². The number of benzene rings is 2. The highest BCUT2D eigenvalue weighted by atomic mass is 32.2. The third-order valence-electron chi connectivity index (χ3n) is 7.10. The number of hydrogen-bond donors (Lipinski definition) is 0. The van der Waals surface area contributed by atoms with Crippen molar-refractivity contribution in [3.05, 3.63) is 59.9 Å². The highest BCUT2D eigenvalue weighted by molar-refractivity contribution is 7.90. The molecule has 2 aromatic carbocycles. The van der Waals surface area contributed by atoms with Gasteiger partial charge in [0.25, 0.3) is 0 Å². The van der Waals surface area contributed by atoms with Gasteiger partial charge in [0, 0.05) is 38.1 Å². The number of piperazine rings is 1. The summed E-state index contributed by atoms with van der Waals surface area (Å²) in [5.41, 5.74) is 1.68. The lowest BCUT2D eigenvalue weighted by Crippen LogP contribution is -2.50. The van der Waals surface area contributed by atoms with Crippen molar-refractivity contribution in [2.24, 2.45) is 11.8 Å². The minimum Gasteiger partial charge on any atom is -0.368 e. The van der Waals surface area contributed by atoms with Crippen LogP contribution in [0.1, 0.15) is 37.3 Å². The molecular formula is C25H30F4N2O2S. The molecule has 1 saturated heterocycles. The average Bonchev–Trinajstić information content (AvgIpc) is 2.79.